The SMILES string of the molecule is COc1ccc(-c2nnc(SCC(=O)Nc3cccc4ncccc34)o2)cc1. The van der Waals surface area contributed by atoms with E-state index in [2.05, 4.69) is 20.5 Å². The first-order valence-electron chi connectivity index (χ1n) is 8.47. The Morgan fingerprint density at radius 3 is 2.79 bits per heavy atom. The van der Waals surface area contributed by atoms with Crippen LogP contribution in [0.25, 0.3) is 22.4 Å². The van der Waals surface area contributed by atoms with Gasteiger partial charge in [-0.2, -0.15) is 0 Å². The van der Waals surface area contributed by atoms with Crippen LogP contribution in [0.4, 0.5) is 5.69 Å². The molecule has 1 N–H and O–H groups in total. The molecule has 1 amide bonds. The summed E-state index contributed by atoms with van der Waals surface area (Å²) in [5, 5.41) is 12.1. The van der Waals surface area contributed by atoms with Gasteiger partial charge in [0.25, 0.3) is 5.22 Å². The van der Waals surface area contributed by atoms with E-state index in [-0.39, 0.29) is 11.7 Å². The van der Waals surface area contributed by atoms with E-state index >= 15 is 0 Å². The van der Waals surface area contributed by atoms with E-state index in [0.717, 1.165) is 27.9 Å². The van der Waals surface area contributed by atoms with Crippen LogP contribution in [0.1, 0.15) is 0 Å². The molecule has 0 unspecified atom stereocenters. The number of fused-ring (bicyclic) bond motifs is 1. The van der Waals surface area contributed by atoms with Gasteiger partial charge < -0.3 is 14.5 Å². The number of carbonyl (C=O) groups excluding carboxylic acids is 1. The highest BCUT2D eigenvalue weighted by molar-refractivity contribution is 7.99. The molecular formula is C20H16N4O3S. The van der Waals surface area contributed by atoms with Crippen molar-refractivity contribution in [3.05, 3.63) is 60.8 Å². The minimum atomic E-state index is -0.162. The van der Waals surface area contributed by atoms with Gasteiger partial charge in [-0.3, -0.25) is 9.78 Å². The number of amides is 1. The summed E-state index contributed by atoms with van der Waals surface area (Å²) in [6, 6.07) is 16.7. The van der Waals surface area contributed by atoms with Gasteiger partial charge in [0.1, 0.15) is 5.75 Å². The number of thioether (sulfide) groups is 1. The van der Waals surface area contributed by atoms with E-state index in [4.69, 9.17) is 9.15 Å². The summed E-state index contributed by atoms with van der Waals surface area (Å²) in [4.78, 5) is 16.6. The number of anilines is 1. The summed E-state index contributed by atoms with van der Waals surface area (Å²) in [5.41, 5.74) is 2.34. The van der Waals surface area contributed by atoms with Gasteiger partial charge in [-0.25, -0.2) is 0 Å². The normalized spacial score (nSPS) is 10.8. The minimum absolute atomic E-state index is 0.154. The van der Waals surface area contributed by atoms with Crippen LogP contribution in [0.5, 0.6) is 5.75 Å². The molecule has 140 valence electrons. The second-order valence-electron chi connectivity index (χ2n) is 5.81. The fourth-order valence-electron chi connectivity index (χ4n) is 2.64. The van der Waals surface area contributed by atoms with Gasteiger partial charge in [0, 0.05) is 17.1 Å². The van der Waals surface area contributed by atoms with Gasteiger partial charge in [-0.05, 0) is 48.5 Å². The van der Waals surface area contributed by atoms with Crippen molar-refractivity contribution >= 4 is 34.3 Å². The first-order chi connectivity index (χ1) is 13.7. The molecule has 0 aliphatic rings. The average molecular weight is 392 g/mol. The van der Waals surface area contributed by atoms with Gasteiger partial charge in [0.05, 0.1) is 24.1 Å². The number of benzene rings is 2. The summed E-state index contributed by atoms with van der Waals surface area (Å²) in [5.74, 6) is 1.13. The average Bonchev–Trinajstić information content (AvgIpc) is 3.22. The molecule has 4 aromatic rings. The molecule has 8 heteroatoms. The fourth-order valence-corrected chi connectivity index (χ4v) is 3.21. The van der Waals surface area contributed by atoms with Crippen molar-refractivity contribution in [1.82, 2.24) is 15.2 Å². The van der Waals surface area contributed by atoms with Crippen molar-refractivity contribution in [3.8, 4) is 17.2 Å². The van der Waals surface area contributed by atoms with Gasteiger partial charge in [-0.15, -0.1) is 10.2 Å². The van der Waals surface area contributed by atoms with E-state index in [9.17, 15) is 4.79 Å². The molecule has 2 aromatic carbocycles. The maximum absolute atomic E-state index is 12.3. The topological polar surface area (TPSA) is 90.1 Å². The number of aromatic nitrogens is 3. The van der Waals surface area contributed by atoms with Gasteiger partial charge in [0.2, 0.25) is 11.8 Å². The van der Waals surface area contributed by atoms with E-state index < -0.39 is 0 Å². The Balaban J connectivity index is 1.39. The van der Waals surface area contributed by atoms with Crippen LogP contribution in [0.3, 0.4) is 0 Å². The van der Waals surface area contributed by atoms with Crippen molar-refractivity contribution in [2.45, 2.75) is 5.22 Å². The molecule has 4 rings (SSSR count). The number of carbonyl (C=O) groups is 1. The highest BCUT2D eigenvalue weighted by Crippen LogP contribution is 2.26. The Morgan fingerprint density at radius 1 is 1.11 bits per heavy atom. The summed E-state index contributed by atoms with van der Waals surface area (Å²) >= 11 is 1.18. The predicted molar refractivity (Wildman–Crippen MR) is 107 cm³/mol. The lowest BCUT2D eigenvalue weighted by Crippen LogP contribution is -2.14. The van der Waals surface area contributed by atoms with Crippen molar-refractivity contribution in [2.75, 3.05) is 18.2 Å². The smallest absolute Gasteiger partial charge is 0.277 e. The third-order valence-corrected chi connectivity index (χ3v) is 4.81. The molecule has 0 aliphatic heterocycles. The molecule has 2 heterocycles. The van der Waals surface area contributed by atoms with E-state index in [1.807, 2.05) is 54.6 Å². The molecule has 0 fully saturated rings. The third-order valence-electron chi connectivity index (χ3n) is 3.99. The molecule has 0 spiro atoms. The number of rotatable bonds is 6. The lowest BCUT2D eigenvalue weighted by Gasteiger charge is -2.07. The van der Waals surface area contributed by atoms with Crippen LogP contribution in [-0.4, -0.2) is 34.0 Å². The Hall–Kier alpha value is -3.39. The molecule has 0 bridgehead atoms. The zero-order valence-corrected chi connectivity index (χ0v) is 15.8. The second-order valence-corrected chi connectivity index (χ2v) is 6.74. The Kier molecular flexibility index (Phi) is 5.20. The van der Waals surface area contributed by atoms with Crippen LogP contribution >= 0.6 is 11.8 Å². The molecule has 0 radical (unpaired) electrons. The maximum Gasteiger partial charge on any atom is 0.277 e. The van der Waals surface area contributed by atoms with Crippen LogP contribution in [0.2, 0.25) is 0 Å². The van der Waals surface area contributed by atoms with Crippen molar-refractivity contribution < 1.29 is 13.9 Å². The first-order valence-corrected chi connectivity index (χ1v) is 9.46. The van der Waals surface area contributed by atoms with Gasteiger partial charge >= 0.3 is 0 Å². The number of hydrogen-bond donors (Lipinski definition) is 1. The highest BCUT2D eigenvalue weighted by Gasteiger charge is 2.12. The standard InChI is InChI=1S/C20H16N4O3S/c1-26-14-9-7-13(8-10-14)19-23-24-20(27-19)28-12-18(25)22-17-6-2-5-16-15(17)4-3-11-21-16/h2-11H,12H2,1H3,(H,22,25). The monoisotopic (exact) mass is 392 g/mol. The van der Waals surface area contributed by atoms with Crippen molar-refractivity contribution in [2.24, 2.45) is 0 Å². The second kappa shape index (κ2) is 8.10. The summed E-state index contributed by atoms with van der Waals surface area (Å²) in [6.45, 7) is 0. The molecule has 28 heavy (non-hydrogen) atoms. The van der Waals surface area contributed by atoms with Crippen molar-refractivity contribution in [1.29, 1.82) is 0 Å². The maximum atomic E-state index is 12.3. The van der Waals surface area contributed by atoms with Gasteiger partial charge in [0.15, 0.2) is 0 Å². The number of hydrogen-bond acceptors (Lipinski definition) is 7. The van der Waals surface area contributed by atoms with E-state index in [1.54, 1.807) is 13.3 Å². The summed E-state index contributed by atoms with van der Waals surface area (Å²) in [6.07, 6.45) is 1.72. The van der Waals surface area contributed by atoms with Gasteiger partial charge in [-0.1, -0.05) is 17.8 Å². The zero-order valence-electron chi connectivity index (χ0n) is 15.0. The van der Waals surface area contributed by atoms with E-state index in [0.29, 0.717) is 11.1 Å². The molecule has 0 saturated heterocycles. The lowest BCUT2D eigenvalue weighted by molar-refractivity contribution is -0.113. The third kappa shape index (κ3) is 3.96. The molecule has 0 atom stereocenters. The Bertz CT molecular complexity index is 1110. The zero-order chi connectivity index (χ0) is 19.3. The summed E-state index contributed by atoms with van der Waals surface area (Å²) < 4.78 is 10.8. The van der Waals surface area contributed by atoms with E-state index in [1.165, 1.54) is 11.8 Å². The molecular weight excluding hydrogens is 376 g/mol. The van der Waals surface area contributed by atoms with Crippen LogP contribution in [0, 0.1) is 0 Å². The quantitative estimate of drug-likeness (QED) is 0.496. The molecule has 7 nitrogen and oxygen atoms in total. The van der Waals surface area contributed by atoms with Crippen molar-refractivity contribution in [3.63, 3.8) is 0 Å². The molecule has 2 aromatic heterocycles. The van der Waals surface area contributed by atoms with Crippen LogP contribution in [0.15, 0.2) is 70.4 Å². The van der Waals surface area contributed by atoms with Crippen LogP contribution < -0.4 is 10.1 Å². The Labute approximate surface area is 165 Å². The first kappa shape index (κ1) is 18.0. The number of methoxy groups -OCH3 is 1. The minimum Gasteiger partial charge on any atom is -0.497 e. The number of ether oxygens (including phenoxy) is 1. The Morgan fingerprint density at radius 2 is 1.96 bits per heavy atom. The highest BCUT2D eigenvalue weighted by atomic mass is 32.2. The largest absolute Gasteiger partial charge is 0.497 e. The predicted octanol–water partition coefficient (Wildman–Crippen LogP) is 4.02. The lowest BCUT2D eigenvalue weighted by atomic mass is 10.2. The number of nitrogens with one attached hydrogen (secondary N) is 1. The molecule has 0 saturated carbocycles. The van der Waals surface area contributed by atoms with Crippen LogP contribution in [-0.2, 0) is 4.79 Å². The molecule has 0 aliphatic carbocycles. The number of pyridine rings is 1. The summed E-state index contributed by atoms with van der Waals surface area (Å²) in [7, 11) is 1.61. The number of nitrogens with zero attached hydrogens (tertiary/aromatic N) is 3. The fraction of sp³-hybridized carbons (Fsp3) is 0.100.